The molecule has 0 saturated heterocycles. The molecule has 0 unspecified atom stereocenters. The second-order valence-electron chi connectivity index (χ2n) is 4.52. The minimum absolute atomic E-state index is 0.0118. The average Bonchev–Trinajstić information content (AvgIpc) is 3.05. The molecule has 1 amide bonds. The highest BCUT2D eigenvalue weighted by molar-refractivity contribution is 7.09. The van der Waals surface area contributed by atoms with Gasteiger partial charge in [0.05, 0.1) is 0 Å². The van der Waals surface area contributed by atoms with Gasteiger partial charge >= 0.3 is 0 Å². The number of carbonyl (C=O) groups excluding carboxylic acids is 1. The van der Waals surface area contributed by atoms with Gasteiger partial charge in [0.2, 0.25) is 0 Å². The van der Waals surface area contributed by atoms with E-state index in [2.05, 4.69) is 11.6 Å². The van der Waals surface area contributed by atoms with Crippen molar-refractivity contribution in [3.8, 4) is 0 Å². The topological polar surface area (TPSA) is 59.2 Å². The number of thiazole rings is 1. The number of aromatic nitrogens is 1. The molecule has 0 aliphatic heterocycles. The summed E-state index contributed by atoms with van der Waals surface area (Å²) in [7, 11) is 0. The van der Waals surface area contributed by atoms with Gasteiger partial charge in [0, 0.05) is 24.5 Å². The summed E-state index contributed by atoms with van der Waals surface area (Å²) in [4.78, 5) is 18.6. The van der Waals surface area contributed by atoms with Gasteiger partial charge in [-0.3, -0.25) is 4.79 Å². The van der Waals surface area contributed by atoms with E-state index in [4.69, 9.17) is 5.73 Å². The van der Waals surface area contributed by atoms with E-state index in [1.54, 1.807) is 11.5 Å². The number of nitrogens with two attached hydrogens (primary N) is 1. The molecule has 0 bridgehead atoms. The van der Waals surface area contributed by atoms with E-state index < -0.39 is 0 Å². The van der Waals surface area contributed by atoms with Crippen molar-refractivity contribution in [1.29, 1.82) is 0 Å². The first-order valence-corrected chi connectivity index (χ1v) is 7.20. The van der Waals surface area contributed by atoms with Gasteiger partial charge in [-0.25, -0.2) is 4.98 Å². The third-order valence-corrected chi connectivity index (χ3v) is 4.17. The van der Waals surface area contributed by atoms with Crippen molar-refractivity contribution in [2.24, 2.45) is 5.73 Å². The summed E-state index contributed by atoms with van der Waals surface area (Å²) in [5.74, 6) is 0.0118. The Morgan fingerprint density at radius 3 is 2.89 bits per heavy atom. The average molecular weight is 265 g/mol. The molecule has 1 aromatic rings. The zero-order valence-corrected chi connectivity index (χ0v) is 11.3. The Bertz CT molecular complexity index is 424. The first-order valence-electron chi connectivity index (χ1n) is 6.32. The van der Waals surface area contributed by atoms with Crippen LogP contribution in [0.5, 0.6) is 0 Å². The summed E-state index contributed by atoms with van der Waals surface area (Å²) in [6, 6.07) is 0.346. The van der Waals surface area contributed by atoms with E-state index in [-0.39, 0.29) is 5.91 Å². The quantitative estimate of drug-likeness (QED) is 0.830. The number of nitrogens with zero attached hydrogens (tertiary/aromatic N) is 2. The predicted molar refractivity (Wildman–Crippen MR) is 73.5 cm³/mol. The second kappa shape index (κ2) is 6.11. The van der Waals surface area contributed by atoms with Crippen molar-refractivity contribution in [3.63, 3.8) is 0 Å². The van der Waals surface area contributed by atoms with Crippen molar-refractivity contribution in [1.82, 2.24) is 9.88 Å². The van der Waals surface area contributed by atoms with Gasteiger partial charge in [-0.2, -0.15) is 0 Å². The van der Waals surface area contributed by atoms with Crippen LogP contribution in [0.1, 0.15) is 41.2 Å². The molecule has 18 heavy (non-hydrogen) atoms. The monoisotopic (exact) mass is 265 g/mol. The van der Waals surface area contributed by atoms with Crippen LogP contribution in [0.15, 0.2) is 18.0 Å². The molecule has 0 aromatic carbocycles. The molecule has 0 radical (unpaired) electrons. The van der Waals surface area contributed by atoms with Gasteiger partial charge in [0.1, 0.15) is 10.7 Å². The van der Waals surface area contributed by atoms with Gasteiger partial charge in [-0.15, -0.1) is 17.9 Å². The van der Waals surface area contributed by atoms with Gasteiger partial charge in [-0.05, 0) is 12.8 Å². The van der Waals surface area contributed by atoms with Crippen LogP contribution < -0.4 is 5.73 Å². The van der Waals surface area contributed by atoms with Crippen molar-refractivity contribution in [2.45, 2.75) is 38.3 Å². The van der Waals surface area contributed by atoms with Crippen LogP contribution in [-0.2, 0) is 6.54 Å². The predicted octanol–water partition coefficient (Wildman–Crippen LogP) is 2.17. The SMILES string of the molecule is C=CCN(C(=O)c1csc(CN)n1)C1CCCC1. The maximum absolute atomic E-state index is 12.4. The molecular weight excluding hydrogens is 246 g/mol. The number of amides is 1. The lowest BCUT2D eigenvalue weighted by atomic mass is 10.2. The van der Waals surface area contributed by atoms with E-state index in [1.165, 1.54) is 24.2 Å². The highest BCUT2D eigenvalue weighted by Gasteiger charge is 2.27. The zero-order valence-electron chi connectivity index (χ0n) is 10.5. The van der Waals surface area contributed by atoms with E-state index in [1.807, 2.05) is 4.90 Å². The summed E-state index contributed by atoms with van der Waals surface area (Å²) < 4.78 is 0. The van der Waals surface area contributed by atoms with E-state index in [9.17, 15) is 4.79 Å². The van der Waals surface area contributed by atoms with Gasteiger partial charge in [0.15, 0.2) is 0 Å². The maximum atomic E-state index is 12.4. The summed E-state index contributed by atoms with van der Waals surface area (Å²) in [6.07, 6.45) is 6.38. The smallest absolute Gasteiger partial charge is 0.273 e. The van der Waals surface area contributed by atoms with Crippen LogP contribution in [0.25, 0.3) is 0 Å². The van der Waals surface area contributed by atoms with Crippen LogP contribution in [0.3, 0.4) is 0 Å². The first kappa shape index (κ1) is 13.2. The maximum Gasteiger partial charge on any atom is 0.273 e. The highest BCUT2D eigenvalue weighted by Crippen LogP contribution is 2.25. The lowest BCUT2D eigenvalue weighted by molar-refractivity contribution is 0.0701. The minimum atomic E-state index is 0.0118. The Morgan fingerprint density at radius 1 is 1.61 bits per heavy atom. The van der Waals surface area contributed by atoms with Gasteiger partial charge < -0.3 is 10.6 Å². The summed E-state index contributed by atoms with van der Waals surface area (Å²) in [5.41, 5.74) is 6.05. The molecule has 1 heterocycles. The zero-order chi connectivity index (χ0) is 13.0. The Hall–Kier alpha value is -1.20. The Morgan fingerprint density at radius 2 is 2.33 bits per heavy atom. The lowest BCUT2D eigenvalue weighted by Crippen LogP contribution is -2.39. The van der Waals surface area contributed by atoms with Crippen molar-refractivity contribution < 1.29 is 4.79 Å². The number of carbonyl (C=O) groups is 1. The van der Waals surface area contributed by atoms with Crippen LogP contribution >= 0.6 is 11.3 Å². The Labute approximate surface area is 112 Å². The lowest BCUT2D eigenvalue weighted by Gasteiger charge is -2.27. The fraction of sp³-hybridized carbons (Fsp3) is 0.538. The largest absolute Gasteiger partial charge is 0.331 e. The highest BCUT2D eigenvalue weighted by atomic mass is 32.1. The van der Waals surface area contributed by atoms with Gasteiger partial charge in [-0.1, -0.05) is 18.9 Å². The minimum Gasteiger partial charge on any atom is -0.331 e. The van der Waals surface area contributed by atoms with Crippen molar-refractivity contribution >= 4 is 17.2 Å². The molecule has 1 aromatic heterocycles. The number of rotatable bonds is 5. The molecule has 1 aliphatic rings. The molecule has 1 aliphatic carbocycles. The first-order chi connectivity index (χ1) is 8.76. The van der Waals surface area contributed by atoms with E-state index >= 15 is 0 Å². The van der Waals surface area contributed by atoms with Crippen LogP contribution in [0, 0.1) is 0 Å². The molecular formula is C13H19N3OS. The third-order valence-electron chi connectivity index (χ3n) is 3.30. The Balaban J connectivity index is 2.13. The standard InChI is InChI=1S/C13H19N3OS/c1-2-7-16(10-5-3-4-6-10)13(17)11-9-18-12(8-14)15-11/h2,9-10H,1,3-8,14H2. The summed E-state index contributed by atoms with van der Waals surface area (Å²) >= 11 is 1.45. The molecule has 0 atom stereocenters. The number of hydrogen-bond acceptors (Lipinski definition) is 4. The number of hydrogen-bond donors (Lipinski definition) is 1. The summed E-state index contributed by atoms with van der Waals surface area (Å²) in [6.45, 7) is 4.73. The molecule has 1 fully saturated rings. The molecule has 98 valence electrons. The van der Waals surface area contributed by atoms with Crippen LogP contribution in [-0.4, -0.2) is 28.4 Å². The molecule has 1 saturated carbocycles. The fourth-order valence-corrected chi connectivity index (χ4v) is 3.05. The van der Waals surface area contributed by atoms with Crippen LogP contribution in [0.2, 0.25) is 0 Å². The normalized spacial score (nSPS) is 15.8. The summed E-state index contributed by atoms with van der Waals surface area (Å²) in [5, 5.41) is 2.61. The van der Waals surface area contributed by atoms with Gasteiger partial charge in [0.25, 0.3) is 5.91 Å². The second-order valence-corrected chi connectivity index (χ2v) is 5.46. The molecule has 4 nitrogen and oxygen atoms in total. The van der Waals surface area contributed by atoms with E-state index in [0.717, 1.165) is 17.8 Å². The molecule has 2 N–H and O–H groups in total. The van der Waals surface area contributed by atoms with Crippen molar-refractivity contribution in [3.05, 3.63) is 28.7 Å². The Kier molecular flexibility index (Phi) is 4.49. The fourth-order valence-electron chi connectivity index (χ4n) is 2.40. The van der Waals surface area contributed by atoms with E-state index in [0.29, 0.717) is 24.8 Å². The molecule has 2 rings (SSSR count). The third kappa shape index (κ3) is 2.79. The van der Waals surface area contributed by atoms with Crippen molar-refractivity contribution in [2.75, 3.05) is 6.54 Å². The van der Waals surface area contributed by atoms with Crippen LogP contribution in [0.4, 0.5) is 0 Å². The molecule has 0 spiro atoms. The molecule has 5 heteroatoms.